The van der Waals surface area contributed by atoms with Crippen LogP contribution in [0.15, 0.2) is 53.4 Å². The van der Waals surface area contributed by atoms with Gasteiger partial charge in [0.2, 0.25) is 0 Å². The highest BCUT2D eigenvalue weighted by atomic mass is 32.1. The molecule has 0 saturated heterocycles. The zero-order chi connectivity index (χ0) is 14.7. The fourth-order valence-electron chi connectivity index (χ4n) is 1.88. The van der Waals surface area contributed by atoms with E-state index in [1.54, 1.807) is 40.4 Å². The van der Waals surface area contributed by atoms with Gasteiger partial charge in [-0.3, -0.25) is 4.79 Å². The molecule has 6 heteroatoms. The van der Waals surface area contributed by atoms with Crippen molar-refractivity contribution in [3.8, 4) is 5.69 Å². The van der Waals surface area contributed by atoms with Gasteiger partial charge < -0.3 is 11.1 Å². The molecule has 1 amide bonds. The van der Waals surface area contributed by atoms with E-state index in [0.717, 1.165) is 11.3 Å². The number of aromatic nitrogens is 2. The minimum absolute atomic E-state index is 0.185. The van der Waals surface area contributed by atoms with E-state index in [9.17, 15) is 4.79 Å². The summed E-state index contributed by atoms with van der Waals surface area (Å²) >= 11 is 1.61. The molecule has 0 unspecified atom stereocenters. The number of carbonyl (C=O) groups is 1. The highest BCUT2D eigenvalue weighted by Gasteiger charge is 2.10. The van der Waals surface area contributed by atoms with E-state index in [1.807, 2.05) is 29.0 Å². The molecule has 1 aromatic carbocycles. The Balaban J connectivity index is 1.69. The van der Waals surface area contributed by atoms with E-state index in [1.165, 1.54) is 0 Å². The van der Waals surface area contributed by atoms with Gasteiger partial charge >= 0.3 is 0 Å². The lowest BCUT2D eigenvalue weighted by atomic mass is 10.3. The summed E-state index contributed by atoms with van der Waals surface area (Å²) in [6.45, 7) is 0.511. The summed E-state index contributed by atoms with van der Waals surface area (Å²) < 4.78 is 1.65. The van der Waals surface area contributed by atoms with Crippen molar-refractivity contribution in [1.82, 2.24) is 15.1 Å². The Morgan fingerprint density at radius 2 is 2.05 bits per heavy atom. The molecule has 0 spiro atoms. The monoisotopic (exact) mass is 298 g/mol. The quantitative estimate of drug-likeness (QED) is 0.727. The van der Waals surface area contributed by atoms with Crippen molar-refractivity contribution in [3.63, 3.8) is 0 Å². The third kappa shape index (κ3) is 3.11. The first kappa shape index (κ1) is 13.4. The standard InChI is InChI=1S/C15H14N4OS/c16-12-1-3-13(4-2-12)19-7-5-14(18-19)15(20)17-9-11-6-8-21-10-11/h1-8,10H,9,16H2,(H,17,20). The van der Waals surface area contributed by atoms with Crippen LogP contribution in [0.5, 0.6) is 0 Å². The van der Waals surface area contributed by atoms with E-state index in [2.05, 4.69) is 10.4 Å². The zero-order valence-corrected chi connectivity index (χ0v) is 12.0. The van der Waals surface area contributed by atoms with Gasteiger partial charge in [0.1, 0.15) is 0 Å². The van der Waals surface area contributed by atoms with Crippen LogP contribution in [0.2, 0.25) is 0 Å². The maximum absolute atomic E-state index is 12.0. The fraction of sp³-hybridized carbons (Fsp3) is 0.0667. The Labute approximate surface area is 126 Å². The van der Waals surface area contributed by atoms with Gasteiger partial charge in [0, 0.05) is 18.4 Å². The average molecular weight is 298 g/mol. The molecule has 0 aliphatic rings. The number of hydrogen-bond acceptors (Lipinski definition) is 4. The van der Waals surface area contributed by atoms with Gasteiger partial charge in [0.05, 0.1) is 5.69 Å². The molecule has 0 aliphatic carbocycles. The number of nitrogens with one attached hydrogen (secondary N) is 1. The predicted octanol–water partition coefficient (Wildman–Crippen LogP) is 2.45. The SMILES string of the molecule is Nc1ccc(-n2ccc(C(=O)NCc3ccsc3)n2)cc1. The smallest absolute Gasteiger partial charge is 0.272 e. The molecular weight excluding hydrogens is 284 g/mol. The second-order valence-corrected chi connectivity index (χ2v) is 5.33. The third-order valence-electron chi connectivity index (χ3n) is 3.01. The molecule has 2 aromatic heterocycles. The Morgan fingerprint density at radius 3 is 2.76 bits per heavy atom. The lowest BCUT2D eigenvalue weighted by molar-refractivity contribution is 0.0945. The molecule has 0 fully saturated rings. The molecule has 3 N–H and O–H groups in total. The number of carbonyl (C=O) groups excluding carboxylic acids is 1. The lowest BCUT2D eigenvalue weighted by Crippen LogP contribution is -2.23. The zero-order valence-electron chi connectivity index (χ0n) is 11.2. The van der Waals surface area contributed by atoms with Gasteiger partial charge in [0.25, 0.3) is 5.91 Å². The molecule has 0 aliphatic heterocycles. The number of benzene rings is 1. The van der Waals surface area contributed by atoms with Crippen LogP contribution >= 0.6 is 11.3 Å². The van der Waals surface area contributed by atoms with Crippen LogP contribution in [0.4, 0.5) is 5.69 Å². The van der Waals surface area contributed by atoms with Gasteiger partial charge in [-0.15, -0.1) is 0 Å². The number of nitrogen functional groups attached to an aromatic ring is 1. The minimum atomic E-state index is -0.185. The molecule has 0 saturated carbocycles. The Kier molecular flexibility index (Phi) is 3.70. The van der Waals surface area contributed by atoms with Crippen molar-refractivity contribution in [1.29, 1.82) is 0 Å². The molecule has 21 heavy (non-hydrogen) atoms. The summed E-state index contributed by atoms with van der Waals surface area (Å²) in [6.07, 6.45) is 1.75. The highest BCUT2D eigenvalue weighted by molar-refractivity contribution is 7.07. The molecule has 0 atom stereocenters. The summed E-state index contributed by atoms with van der Waals surface area (Å²) in [4.78, 5) is 12.0. The first-order valence-electron chi connectivity index (χ1n) is 6.43. The van der Waals surface area contributed by atoms with Crippen LogP contribution in [-0.2, 0) is 6.54 Å². The second kappa shape index (κ2) is 5.80. The van der Waals surface area contributed by atoms with Crippen LogP contribution in [0, 0.1) is 0 Å². The van der Waals surface area contributed by atoms with Gasteiger partial charge in [-0.1, -0.05) is 0 Å². The largest absolute Gasteiger partial charge is 0.399 e. The van der Waals surface area contributed by atoms with Crippen molar-refractivity contribution in [2.45, 2.75) is 6.54 Å². The molecule has 3 aromatic rings. The number of anilines is 1. The Hall–Kier alpha value is -2.60. The van der Waals surface area contributed by atoms with Crippen molar-refractivity contribution >= 4 is 22.9 Å². The molecule has 5 nitrogen and oxygen atoms in total. The number of amides is 1. The van der Waals surface area contributed by atoms with E-state index in [4.69, 9.17) is 5.73 Å². The molecular formula is C15H14N4OS. The molecule has 3 rings (SSSR count). The van der Waals surface area contributed by atoms with Gasteiger partial charge in [-0.2, -0.15) is 16.4 Å². The van der Waals surface area contributed by atoms with Gasteiger partial charge in [0.15, 0.2) is 5.69 Å². The molecule has 0 bridgehead atoms. The number of hydrogen-bond donors (Lipinski definition) is 2. The summed E-state index contributed by atoms with van der Waals surface area (Å²) in [5.41, 5.74) is 8.69. The number of nitrogens with zero attached hydrogens (tertiary/aromatic N) is 2. The van der Waals surface area contributed by atoms with Gasteiger partial charge in [-0.05, 0) is 52.7 Å². The Morgan fingerprint density at radius 1 is 1.24 bits per heavy atom. The first-order chi connectivity index (χ1) is 10.2. The van der Waals surface area contributed by atoms with E-state index >= 15 is 0 Å². The maximum Gasteiger partial charge on any atom is 0.272 e. The highest BCUT2D eigenvalue weighted by Crippen LogP contribution is 2.11. The van der Waals surface area contributed by atoms with Crippen LogP contribution in [0.25, 0.3) is 5.69 Å². The summed E-state index contributed by atoms with van der Waals surface area (Å²) in [7, 11) is 0. The third-order valence-corrected chi connectivity index (χ3v) is 3.74. The second-order valence-electron chi connectivity index (χ2n) is 4.55. The Bertz CT molecular complexity index is 731. The lowest BCUT2D eigenvalue weighted by Gasteiger charge is -2.02. The molecule has 2 heterocycles. The topological polar surface area (TPSA) is 72.9 Å². The summed E-state index contributed by atoms with van der Waals surface area (Å²) in [6, 6.07) is 11.0. The average Bonchev–Trinajstić information content (AvgIpc) is 3.17. The predicted molar refractivity (Wildman–Crippen MR) is 83.5 cm³/mol. The molecule has 106 valence electrons. The van der Waals surface area contributed by atoms with Crippen LogP contribution in [0.3, 0.4) is 0 Å². The molecule has 0 radical (unpaired) electrons. The summed E-state index contributed by atoms with van der Waals surface area (Å²) in [5.74, 6) is -0.185. The fourth-order valence-corrected chi connectivity index (χ4v) is 2.55. The minimum Gasteiger partial charge on any atom is -0.399 e. The van der Waals surface area contributed by atoms with Crippen molar-refractivity contribution in [2.24, 2.45) is 0 Å². The summed E-state index contributed by atoms with van der Waals surface area (Å²) in [5, 5.41) is 11.1. The van der Waals surface area contributed by atoms with Crippen LogP contribution < -0.4 is 11.1 Å². The number of rotatable bonds is 4. The number of thiophene rings is 1. The van der Waals surface area contributed by atoms with E-state index in [-0.39, 0.29) is 5.91 Å². The first-order valence-corrected chi connectivity index (χ1v) is 7.37. The van der Waals surface area contributed by atoms with E-state index in [0.29, 0.717) is 17.9 Å². The van der Waals surface area contributed by atoms with Crippen molar-refractivity contribution in [3.05, 3.63) is 64.6 Å². The van der Waals surface area contributed by atoms with Crippen molar-refractivity contribution < 1.29 is 4.79 Å². The van der Waals surface area contributed by atoms with E-state index < -0.39 is 0 Å². The van der Waals surface area contributed by atoms with Crippen molar-refractivity contribution in [2.75, 3.05) is 5.73 Å². The van der Waals surface area contributed by atoms with Gasteiger partial charge in [-0.25, -0.2) is 4.68 Å². The van der Waals surface area contributed by atoms with Crippen LogP contribution in [0.1, 0.15) is 16.1 Å². The number of nitrogens with two attached hydrogens (primary N) is 1. The normalized spacial score (nSPS) is 10.5. The van der Waals surface area contributed by atoms with Crippen LogP contribution in [-0.4, -0.2) is 15.7 Å². The maximum atomic E-state index is 12.0.